The molecule has 0 radical (unpaired) electrons. The van der Waals surface area contributed by atoms with Gasteiger partial charge in [0.25, 0.3) is 5.91 Å². The Morgan fingerprint density at radius 1 is 1.43 bits per heavy atom. The predicted molar refractivity (Wildman–Crippen MR) is 114 cm³/mol. The molecular weight excluding hydrogens is 384 g/mol. The number of hydrogen-bond donors (Lipinski definition) is 2. The van der Waals surface area contributed by atoms with Crippen LogP contribution < -0.4 is 11.1 Å². The lowest BCUT2D eigenvalue weighted by molar-refractivity contribution is -0.115. The first-order chi connectivity index (χ1) is 14.1. The van der Waals surface area contributed by atoms with Crippen molar-refractivity contribution in [3.8, 4) is 6.07 Å². The molecule has 1 aliphatic rings. The van der Waals surface area contributed by atoms with Gasteiger partial charge in [-0.05, 0) is 58.2 Å². The summed E-state index contributed by atoms with van der Waals surface area (Å²) in [7, 11) is 0. The minimum absolute atomic E-state index is 0.0627. The van der Waals surface area contributed by atoms with Gasteiger partial charge in [0.15, 0.2) is 5.84 Å². The molecule has 160 valence electrons. The first-order valence-electron chi connectivity index (χ1n) is 9.74. The highest BCUT2D eigenvalue weighted by molar-refractivity contribution is 6.38. The smallest absolute Gasteiger partial charge is 0.410 e. The number of nitrogens with one attached hydrogen (secondary N) is 1. The third kappa shape index (κ3) is 6.58. The number of carbonyl (C=O) groups is 2. The zero-order chi connectivity index (χ0) is 22.3. The Morgan fingerprint density at radius 3 is 2.83 bits per heavy atom. The number of ether oxygens (including phenoxy) is 1. The summed E-state index contributed by atoms with van der Waals surface area (Å²) >= 11 is 0. The van der Waals surface area contributed by atoms with E-state index in [0.717, 1.165) is 6.42 Å². The lowest BCUT2D eigenvalue weighted by atomic mass is 10.0. The Hall–Kier alpha value is -3.41. The molecular formula is C21H28N6O3. The first kappa shape index (κ1) is 22.9. The number of nitrogens with zero attached hydrogens (tertiary/aromatic N) is 4. The van der Waals surface area contributed by atoms with E-state index in [4.69, 9.17) is 15.7 Å². The summed E-state index contributed by atoms with van der Waals surface area (Å²) in [5.41, 5.74) is 6.17. The average Bonchev–Trinajstić information content (AvgIpc) is 3.05. The van der Waals surface area contributed by atoms with Gasteiger partial charge in [-0.15, -0.1) is 0 Å². The van der Waals surface area contributed by atoms with Crippen LogP contribution in [0.4, 0.5) is 10.5 Å². The summed E-state index contributed by atoms with van der Waals surface area (Å²) in [5, 5.41) is 11.6. The normalized spacial score (nSPS) is 19.6. The van der Waals surface area contributed by atoms with Gasteiger partial charge in [0.1, 0.15) is 11.9 Å². The Bertz CT molecular complexity index is 881. The molecule has 1 saturated heterocycles. The highest BCUT2D eigenvalue weighted by atomic mass is 16.6. The van der Waals surface area contributed by atoms with Crippen LogP contribution in [0, 0.1) is 17.2 Å². The molecule has 1 aromatic carbocycles. The summed E-state index contributed by atoms with van der Waals surface area (Å²) in [5.74, 6) is -0.628. The van der Waals surface area contributed by atoms with Crippen molar-refractivity contribution in [2.45, 2.75) is 45.8 Å². The van der Waals surface area contributed by atoms with Crippen molar-refractivity contribution in [3.05, 3.63) is 29.8 Å². The van der Waals surface area contributed by atoms with E-state index in [0.29, 0.717) is 24.3 Å². The number of aliphatic imine (C=N–C) groups is 2. The zero-order valence-electron chi connectivity index (χ0n) is 17.8. The number of carbonyl (C=O) groups excluding carboxylic acids is 2. The van der Waals surface area contributed by atoms with Crippen LogP contribution in [-0.2, 0) is 9.53 Å². The van der Waals surface area contributed by atoms with Gasteiger partial charge < -0.3 is 20.7 Å². The van der Waals surface area contributed by atoms with E-state index in [1.54, 1.807) is 29.2 Å². The van der Waals surface area contributed by atoms with Crippen LogP contribution in [-0.4, -0.2) is 53.8 Å². The Labute approximate surface area is 176 Å². The van der Waals surface area contributed by atoms with Gasteiger partial charge in [-0.1, -0.05) is 6.07 Å². The molecule has 1 heterocycles. The summed E-state index contributed by atoms with van der Waals surface area (Å²) in [4.78, 5) is 34.1. The fourth-order valence-corrected chi connectivity index (χ4v) is 3.04. The van der Waals surface area contributed by atoms with Crippen molar-refractivity contribution in [3.63, 3.8) is 0 Å². The second-order valence-corrected chi connectivity index (χ2v) is 8.09. The number of nitriles is 1. The van der Waals surface area contributed by atoms with Gasteiger partial charge in [0.05, 0.1) is 17.3 Å². The fraction of sp³-hybridized carbons (Fsp3) is 0.476. The van der Waals surface area contributed by atoms with Crippen LogP contribution in [0.5, 0.6) is 0 Å². The van der Waals surface area contributed by atoms with Gasteiger partial charge in [-0.2, -0.15) is 5.26 Å². The molecule has 0 aromatic heterocycles. The van der Waals surface area contributed by atoms with E-state index in [9.17, 15) is 9.59 Å². The first-order valence-corrected chi connectivity index (χ1v) is 9.74. The molecule has 1 fully saturated rings. The molecule has 0 aliphatic carbocycles. The van der Waals surface area contributed by atoms with Crippen molar-refractivity contribution >= 4 is 29.9 Å². The topological polar surface area (TPSA) is 133 Å². The molecule has 0 bridgehead atoms. The van der Waals surface area contributed by atoms with Gasteiger partial charge in [-0.3, -0.25) is 4.79 Å². The zero-order valence-corrected chi connectivity index (χ0v) is 17.8. The van der Waals surface area contributed by atoms with Crippen LogP contribution in [0.25, 0.3) is 0 Å². The number of benzene rings is 1. The standard InChI is InChI=1S/C21H28N6O3/c1-14-16(8-9-27(14)20(29)30-21(2,3)4)12-24-19(28)18(23)26-13-25-17-7-5-6-15(10-17)11-22/h5-7,10,13-14,16H,8-9,12H2,1-4H3,(H,24,28)(H2,23,25,26). The van der Waals surface area contributed by atoms with Crippen LogP contribution >= 0.6 is 0 Å². The summed E-state index contributed by atoms with van der Waals surface area (Å²) < 4.78 is 5.43. The number of nitrogens with two attached hydrogens (primary N) is 1. The summed E-state index contributed by atoms with van der Waals surface area (Å²) in [6.45, 7) is 8.37. The maximum Gasteiger partial charge on any atom is 0.410 e. The minimum atomic E-state index is -0.550. The predicted octanol–water partition coefficient (Wildman–Crippen LogP) is 2.34. The molecule has 9 heteroatoms. The molecule has 9 nitrogen and oxygen atoms in total. The van der Waals surface area contributed by atoms with Crippen molar-refractivity contribution < 1.29 is 14.3 Å². The number of amidine groups is 1. The molecule has 1 aromatic rings. The third-order valence-corrected chi connectivity index (χ3v) is 4.68. The van der Waals surface area contributed by atoms with Crippen molar-refractivity contribution in [2.24, 2.45) is 21.6 Å². The van der Waals surface area contributed by atoms with Gasteiger partial charge in [0.2, 0.25) is 0 Å². The van der Waals surface area contributed by atoms with E-state index in [-0.39, 0.29) is 23.9 Å². The summed E-state index contributed by atoms with van der Waals surface area (Å²) in [6.07, 6.45) is 1.59. The van der Waals surface area contributed by atoms with E-state index in [2.05, 4.69) is 15.3 Å². The van der Waals surface area contributed by atoms with E-state index in [1.165, 1.54) is 6.34 Å². The van der Waals surface area contributed by atoms with E-state index < -0.39 is 11.5 Å². The quantitative estimate of drug-likeness (QED) is 0.578. The minimum Gasteiger partial charge on any atom is -0.444 e. The van der Waals surface area contributed by atoms with Crippen molar-refractivity contribution in [1.29, 1.82) is 5.26 Å². The molecule has 30 heavy (non-hydrogen) atoms. The van der Waals surface area contributed by atoms with Crippen LogP contribution in [0.3, 0.4) is 0 Å². The largest absolute Gasteiger partial charge is 0.444 e. The second-order valence-electron chi connectivity index (χ2n) is 8.09. The molecule has 2 unspecified atom stereocenters. The van der Waals surface area contributed by atoms with Gasteiger partial charge in [0, 0.05) is 19.1 Å². The highest BCUT2D eigenvalue weighted by Gasteiger charge is 2.36. The lowest BCUT2D eigenvalue weighted by Gasteiger charge is -2.28. The Morgan fingerprint density at radius 2 is 2.17 bits per heavy atom. The van der Waals surface area contributed by atoms with Crippen LogP contribution in [0.2, 0.25) is 0 Å². The molecule has 2 atom stereocenters. The van der Waals surface area contributed by atoms with E-state index in [1.807, 2.05) is 33.8 Å². The maximum absolute atomic E-state index is 12.3. The SMILES string of the molecule is CC1C(CNC(=O)C(N)=NC=Nc2cccc(C#N)c2)CCN1C(=O)OC(C)(C)C. The van der Waals surface area contributed by atoms with Gasteiger partial charge in [-0.25, -0.2) is 14.8 Å². The van der Waals surface area contributed by atoms with E-state index >= 15 is 0 Å². The third-order valence-electron chi connectivity index (χ3n) is 4.68. The van der Waals surface area contributed by atoms with Crippen molar-refractivity contribution in [1.82, 2.24) is 10.2 Å². The Kier molecular flexibility index (Phi) is 7.53. The maximum atomic E-state index is 12.3. The van der Waals surface area contributed by atoms with Crippen LogP contribution in [0.1, 0.15) is 39.7 Å². The average molecular weight is 412 g/mol. The molecule has 0 spiro atoms. The number of likely N-dealkylation sites (tertiary alicyclic amines) is 1. The molecule has 1 aliphatic heterocycles. The fourth-order valence-electron chi connectivity index (χ4n) is 3.04. The second kappa shape index (κ2) is 9.87. The molecule has 3 N–H and O–H groups in total. The lowest BCUT2D eigenvalue weighted by Crippen LogP contribution is -2.43. The number of hydrogen-bond acceptors (Lipinski definition) is 5. The monoisotopic (exact) mass is 412 g/mol. The molecule has 0 saturated carbocycles. The summed E-state index contributed by atoms with van der Waals surface area (Å²) in [6, 6.07) is 8.63. The number of rotatable bonds is 4. The molecule has 2 amide bonds. The molecule has 2 rings (SSSR count). The Balaban J connectivity index is 1.86. The van der Waals surface area contributed by atoms with Crippen molar-refractivity contribution in [2.75, 3.05) is 13.1 Å². The van der Waals surface area contributed by atoms with Crippen LogP contribution in [0.15, 0.2) is 34.3 Å². The number of amides is 2. The van der Waals surface area contributed by atoms with Gasteiger partial charge >= 0.3 is 6.09 Å². The highest BCUT2D eigenvalue weighted by Crippen LogP contribution is 2.25.